The summed E-state index contributed by atoms with van der Waals surface area (Å²) in [6, 6.07) is 6.62. The topological polar surface area (TPSA) is 43.8 Å². The molecule has 0 fully saturated rings. The Morgan fingerprint density at radius 1 is 1.47 bits per heavy atom. The fourth-order valence-corrected chi connectivity index (χ4v) is 1.91. The van der Waals surface area contributed by atoms with Crippen LogP contribution in [0.15, 0.2) is 36.7 Å². The molecule has 1 aromatic carbocycles. The summed E-state index contributed by atoms with van der Waals surface area (Å²) in [7, 11) is 0. The van der Waals surface area contributed by atoms with E-state index < -0.39 is 0 Å². The van der Waals surface area contributed by atoms with Gasteiger partial charge < -0.3 is 10.3 Å². The van der Waals surface area contributed by atoms with Gasteiger partial charge in [0.1, 0.15) is 11.6 Å². The van der Waals surface area contributed by atoms with E-state index in [4.69, 9.17) is 5.73 Å². The first-order valence-electron chi connectivity index (χ1n) is 5.64. The van der Waals surface area contributed by atoms with Gasteiger partial charge in [-0.05, 0) is 24.6 Å². The van der Waals surface area contributed by atoms with Crippen LogP contribution in [-0.4, -0.2) is 16.1 Å². The van der Waals surface area contributed by atoms with Crippen molar-refractivity contribution in [3.63, 3.8) is 0 Å². The van der Waals surface area contributed by atoms with Crippen LogP contribution in [0.5, 0.6) is 0 Å². The zero-order valence-corrected chi connectivity index (χ0v) is 9.81. The molecule has 0 aliphatic carbocycles. The van der Waals surface area contributed by atoms with Gasteiger partial charge in [0, 0.05) is 31.4 Å². The number of benzene rings is 1. The van der Waals surface area contributed by atoms with E-state index in [1.165, 1.54) is 6.07 Å². The van der Waals surface area contributed by atoms with E-state index in [9.17, 15) is 4.39 Å². The predicted molar refractivity (Wildman–Crippen MR) is 65.2 cm³/mol. The summed E-state index contributed by atoms with van der Waals surface area (Å²) in [5, 5.41) is 0. The molecule has 2 aromatic rings. The Morgan fingerprint density at radius 2 is 2.29 bits per heavy atom. The molecule has 1 unspecified atom stereocenters. The molecule has 17 heavy (non-hydrogen) atoms. The van der Waals surface area contributed by atoms with Crippen LogP contribution in [0.1, 0.15) is 17.3 Å². The highest BCUT2D eigenvalue weighted by molar-refractivity contribution is 5.21. The molecule has 0 bridgehead atoms. The van der Waals surface area contributed by atoms with Crippen molar-refractivity contribution in [2.24, 2.45) is 5.73 Å². The maximum Gasteiger partial charge on any atom is 0.123 e. The molecule has 4 heteroatoms. The number of nitrogens with two attached hydrogens (primary N) is 1. The zero-order valence-electron chi connectivity index (χ0n) is 9.81. The van der Waals surface area contributed by atoms with Gasteiger partial charge in [-0.25, -0.2) is 9.37 Å². The second-order valence-corrected chi connectivity index (χ2v) is 4.11. The maximum absolute atomic E-state index is 13.2. The van der Waals surface area contributed by atoms with Gasteiger partial charge in [-0.1, -0.05) is 12.1 Å². The molecule has 0 saturated heterocycles. The first-order valence-corrected chi connectivity index (χ1v) is 5.64. The van der Waals surface area contributed by atoms with E-state index in [1.54, 1.807) is 18.3 Å². The third-order valence-corrected chi connectivity index (χ3v) is 2.95. The molecule has 0 amide bonds. The first kappa shape index (κ1) is 11.8. The number of hydrogen-bond donors (Lipinski definition) is 1. The maximum atomic E-state index is 13.2. The lowest BCUT2D eigenvalue weighted by atomic mass is 9.99. The standard InChI is InChI=1S/C13H16FN3/c1-10-16-5-6-17(10)9-12(8-15)11-3-2-4-13(14)7-11/h2-7,12H,8-9,15H2,1H3. The lowest BCUT2D eigenvalue weighted by molar-refractivity contribution is 0.549. The van der Waals surface area contributed by atoms with Gasteiger partial charge in [0.25, 0.3) is 0 Å². The molecule has 0 aliphatic rings. The summed E-state index contributed by atoms with van der Waals surface area (Å²) in [6.45, 7) is 3.16. The van der Waals surface area contributed by atoms with Gasteiger partial charge in [0.05, 0.1) is 0 Å². The quantitative estimate of drug-likeness (QED) is 0.878. The summed E-state index contributed by atoms with van der Waals surface area (Å²) in [6.07, 6.45) is 3.67. The van der Waals surface area contributed by atoms with Crippen LogP contribution >= 0.6 is 0 Å². The second kappa shape index (κ2) is 5.10. The van der Waals surface area contributed by atoms with Crippen molar-refractivity contribution in [2.45, 2.75) is 19.4 Å². The Bertz CT molecular complexity index is 493. The Labute approximate surface area is 100 Å². The lowest BCUT2D eigenvalue weighted by Crippen LogP contribution is -2.18. The Hall–Kier alpha value is -1.68. The Morgan fingerprint density at radius 3 is 2.88 bits per heavy atom. The average molecular weight is 233 g/mol. The van der Waals surface area contributed by atoms with Crippen LogP contribution in [0.4, 0.5) is 4.39 Å². The van der Waals surface area contributed by atoms with E-state index in [0.29, 0.717) is 6.54 Å². The number of aromatic nitrogens is 2. The zero-order chi connectivity index (χ0) is 12.3. The molecule has 2 rings (SSSR count). The van der Waals surface area contributed by atoms with Gasteiger partial charge in [0.2, 0.25) is 0 Å². The van der Waals surface area contributed by atoms with Gasteiger partial charge in [-0.15, -0.1) is 0 Å². The van der Waals surface area contributed by atoms with Crippen LogP contribution in [0.3, 0.4) is 0 Å². The lowest BCUT2D eigenvalue weighted by Gasteiger charge is -2.16. The molecule has 1 aromatic heterocycles. The van der Waals surface area contributed by atoms with Crippen molar-refractivity contribution in [1.29, 1.82) is 0 Å². The normalized spacial score (nSPS) is 12.6. The van der Waals surface area contributed by atoms with E-state index >= 15 is 0 Å². The molecule has 0 saturated carbocycles. The minimum Gasteiger partial charge on any atom is -0.335 e. The summed E-state index contributed by atoms with van der Waals surface area (Å²) >= 11 is 0. The third kappa shape index (κ3) is 2.71. The summed E-state index contributed by atoms with van der Waals surface area (Å²) in [4.78, 5) is 4.16. The van der Waals surface area contributed by atoms with Crippen LogP contribution in [0.25, 0.3) is 0 Å². The van der Waals surface area contributed by atoms with Crippen molar-refractivity contribution in [3.8, 4) is 0 Å². The number of imidazole rings is 1. The van der Waals surface area contributed by atoms with E-state index in [-0.39, 0.29) is 11.7 Å². The van der Waals surface area contributed by atoms with Crippen LogP contribution < -0.4 is 5.73 Å². The van der Waals surface area contributed by atoms with Crippen molar-refractivity contribution >= 4 is 0 Å². The number of nitrogens with zero attached hydrogens (tertiary/aromatic N) is 2. The molecule has 90 valence electrons. The summed E-state index contributed by atoms with van der Waals surface area (Å²) < 4.78 is 15.2. The highest BCUT2D eigenvalue weighted by atomic mass is 19.1. The number of aryl methyl sites for hydroxylation is 1. The minimum absolute atomic E-state index is 0.110. The Kier molecular flexibility index (Phi) is 3.54. The van der Waals surface area contributed by atoms with Crippen molar-refractivity contribution < 1.29 is 4.39 Å². The molecule has 0 aliphatic heterocycles. The van der Waals surface area contributed by atoms with Crippen molar-refractivity contribution in [2.75, 3.05) is 6.54 Å². The number of rotatable bonds is 4. The molecule has 2 N–H and O–H groups in total. The van der Waals surface area contributed by atoms with Gasteiger partial charge in [-0.3, -0.25) is 0 Å². The summed E-state index contributed by atoms with van der Waals surface area (Å²) in [5.41, 5.74) is 6.70. The van der Waals surface area contributed by atoms with Gasteiger partial charge in [0.15, 0.2) is 0 Å². The predicted octanol–water partition coefficient (Wildman–Crippen LogP) is 2.07. The van der Waals surface area contributed by atoms with E-state index in [0.717, 1.165) is 17.9 Å². The highest BCUT2D eigenvalue weighted by Gasteiger charge is 2.12. The molecular weight excluding hydrogens is 217 g/mol. The van der Waals surface area contributed by atoms with Gasteiger partial charge >= 0.3 is 0 Å². The first-order chi connectivity index (χ1) is 8.20. The van der Waals surface area contributed by atoms with Crippen LogP contribution in [0.2, 0.25) is 0 Å². The average Bonchev–Trinajstić information content (AvgIpc) is 2.71. The molecule has 1 heterocycles. The molecule has 0 spiro atoms. The Balaban J connectivity index is 2.20. The van der Waals surface area contributed by atoms with E-state index in [2.05, 4.69) is 4.98 Å². The molecule has 1 atom stereocenters. The largest absolute Gasteiger partial charge is 0.335 e. The van der Waals surface area contributed by atoms with Crippen molar-refractivity contribution in [1.82, 2.24) is 9.55 Å². The van der Waals surface area contributed by atoms with Gasteiger partial charge in [-0.2, -0.15) is 0 Å². The molecule has 3 nitrogen and oxygen atoms in total. The number of halogens is 1. The third-order valence-electron chi connectivity index (χ3n) is 2.95. The van der Waals surface area contributed by atoms with Crippen molar-refractivity contribution in [3.05, 3.63) is 53.9 Å². The molecule has 0 radical (unpaired) electrons. The minimum atomic E-state index is -0.219. The highest BCUT2D eigenvalue weighted by Crippen LogP contribution is 2.18. The molecular formula is C13H16FN3. The summed E-state index contributed by atoms with van der Waals surface area (Å²) in [5.74, 6) is 0.835. The van der Waals surface area contributed by atoms with Crippen LogP contribution in [-0.2, 0) is 6.54 Å². The van der Waals surface area contributed by atoms with Crippen LogP contribution in [0, 0.1) is 12.7 Å². The smallest absolute Gasteiger partial charge is 0.123 e. The number of hydrogen-bond acceptors (Lipinski definition) is 2. The SMILES string of the molecule is Cc1nccn1CC(CN)c1cccc(F)c1. The fourth-order valence-electron chi connectivity index (χ4n) is 1.91. The monoisotopic (exact) mass is 233 g/mol. The van der Waals surface area contributed by atoms with E-state index in [1.807, 2.05) is 23.8 Å². The second-order valence-electron chi connectivity index (χ2n) is 4.11. The fraction of sp³-hybridized carbons (Fsp3) is 0.308.